The molecule has 0 radical (unpaired) electrons. The van der Waals surface area contributed by atoms with Gasteiger partial charge in [-0.15, -0.1) is 11.3 Å². The normalized spacial score (nSPS) is 15.8. The summed E-state index contributed by atoms with van der Waals surface area (Å²) in [7, 11) is 0. The molecule has 4 nitrogen and oxygen atoms in total. The number of thiophene rings is 1. The number of carbonyl (C=O) groups excluding carboxylic acids is 2. The fourth-order valence-corrected chi connectivity index (χ4v) is 3.63. The number of nitrogens with one attached hydrogen (secondary N) is 1. The maximum Gasteiger partial charge on any atom is 0.349 e. The molecule has 1 amide bonds. The Morgan fingerprint density at radius 3 is 2.68 bits per heavy atom. The van der Waals surface area contributed by atoms with E-state index in [-0.39, 0.29) is 11.9 Å². The number of carbonyl (C=O) groups is 2. The summed E-state index contributed by atoms with van der Waals surface area (Å²) in [5, 5.41) is 2.78. The first-order chi connectivity index (χ1) is 10.5. The van der Waals surface area contributed by atoms with E-state index in [9.17, 15) is 9.59 Å². The average molecular weight is 323 g/mol. The van der Waals surface area contributed by atoms with Crippen LogP contribution in [0.1, 0.15) is 60.1 Å². The van der Waals surface area contributed by atoms with Crippen molar-refractivity contribution in [3.05, 3.63) is 21.4 Å². The molecule has 122 valence electrons. The zero-order valence-electron chi connectivity index (χ0n) is 13.6. The van der Waals surface area contributed by atoms with Crippen molar-refractivity contribution in [1.82, 2.24) is 5.32 Å². The van der Waals surface area contributed by atoms with Gasteiger partial charge in [0.2, 0.25) is 0 Å². The molecule has 1 aliphatic rings. The highest BCUT2D eigenvalue weighted by molar-refractivity contribution is 7.14. The smallest absolute Gasteiger partial charge is 0.349 e. The van der Waals surface area contributed by atoms with Crippen molar-refractivity contribution < 1.29 is 14.3 Å². The van der Waals surface area contributed by atoms with Crippen LogP contribution in [0.2, 0.25) is 0 Å². The Bertz CT molecular complexity index is 513. The highest BCUT2D eigenvalue weighted by atomic mass is 32.1. The molecule has 1 aliphatic carbocycles. The number of hydrogen-bond acceptors (Lipinski definition) is 4. The standard InChI is InChI=1S/C17H25NO3S/c1-11(2)10-18-16(19)12(3)21-17(20)15-9-13-7-5-4-6-8-14(13)22-15/h9,11-12H,4-8,10H2,1-3H3,(H,18,19)/t12-/m1/s1. The van der Waals surface area contributed by atoms with Gasteiger partial charge in [0.05, 0.1) is 0 Å². The summed E-state index contributed by atoms with van der Waals surface area (Å²) >= 11 is 1.52. The number of amides is 1. The lowest BCUT2D eigenvalue weighted by molar-refractivity contribution is -0.129. The van der Waals surface area contributed by atoms with Gasteiger partial charge in [0, 0.05) is 11.4 Å². The minimum atomic E-state index is -0.756. The molecule has 1 heterocycles. The average Bonchev–Trinajstić information content (AvgIpc) is 2.76. The fourth-order valence-electron chi connectivity index (χ4n) is 2.49. The van der Waals surface area contributed by atoms with E-state index in [2.05, 4.69) is 5.32 Å². The number of esters is 1. The molecule has 5 heteroatoms. The Kier molecular flexibility index (Phi) is 6.00. The number of aryl methyl sites for hydroxylation is 2. The minimum absolute atomic E-state index is 0.236. The summed E-state index contributed by atoms with van der Waals surface area (Å²) < 4.78 is 5.30. The summed E-state index contributed by atoms with van der Waals surface area (Å²) in [6, 6.07) is 1.95. The summed E-state index contributed by atoms with van der Waals surface area (Å²) in [5.41, 5.74) is 1.28. The van der Waals surface area contributed by atoms with Crippen LogP contribution in [-0.2, 0) is 22.4 Å². The number of fused-ring (bicyclic) bond motifs is 1. The van der Waals surface area contributed by atoms with Crippen molar-refractivity contribution in [2.75, 3.05) is 6.54 Å². The van der Waals surface area contributed by atoms with Gasteiger partial charge in [-0.1, -0.05) is 20.3 Å². The van der Waals surface area contributed by atoms with Gasteiger partial charge in [0.25, 0.3) is 5.91 Å². The lowest BCUT2D eigenvalue weighted by Crippen LogP contribution is -2.37. The third-order valence-corrected chi connectivity index (χ3v) is 5.00. The van der Waals surface area contributed by atoms with Crippen LogP contribution in [0.3, 0.4) is 0 Å². The first-order valence-electron chi connectivity index (χ1n) is 8.07. The number of rotatable bonds is 5. The zero-order chi connectivity index (χ0) is 16.1. The Morgan fingerprint density at radius 2 is 1.95 bits per heavy atom. The van der Waals surface area contributed by atoms with Crippen molar-refractivity contribution in [3.8, 4) is 0 Å². The predicted molar refractivity (Wildman–Crippen MR) is 88.3 cm³/mol. The number of ether oxygens (including phenoxy) is 1. The zero-order valence-corrected chi connectivity index (χ0v) is 14.4. The van der Waals surface area contributed by atoms with Gasteiger partial charge in [-0.05, 0) is 50.2 Å². The SMILES string of the molecule is CC(C)CNC(=O)[C@@H](C)OC(=O)c1cc2c(s1)CCCCC2. The highest BCUT2D eigenvalue weighted by Gasteiger charge is 2.22. The monoisotopic (exact) mass is 323 g/mol. The Morgan fingerprint density at radius 1 is 1.23 bits per heavy atom. The van der Waals surface area contributed by atoms with Crippen LogP contribution in [0.5, 0.6) is 0 Å². The van der Waals surface area contributed by atoms with Crippen LogP contribution in [0, 0.1) is 5.92 Å². The molecule has 1 aromatic rings. The van der Waals surface area contributed by atoms with Crippen LogP contribution in [0.15, 0.2) is 6.07 Å². The van der Waals surface area contributed by atoms with Crippen LogP contribution in [0.4, 0.5) is 0 Å². The van der Waals surface area contributed by atoms with Gasteiger partial charge in [-0.25, -0.2) is 4.79 Å². The first-order valence-corrected chi connectivity index (χ1v) is 8.89. The predicted octanol–water partition coefficient (Wildman–Crippen LogP) is 3.33. The molecule has 1 aromatic heterocycles. The topological polar surface area (TPSA) is 55.4 Å². The Labute approximate surface area is 136 Å². The lowest BCUT2D eigenvalue weighted by Gasteiger charge is -2.14. The molecule has 2 rings (SSSR count). The third-order valence-electron chi connectivity index (χ3n) is 3.79. The molecule has 1 atom stereocenters. The largest absolute Gasteiger partial charge is 0.448 e. The summed E-state index contributed by atoms with van der Waals surface area (Å²) in [4.78, 5) is 26.0. The molecule has 0 bridgehead atoms. The molecule has 0 spiro atoms. The molecule has 0 saturated carbocycles. The van der Waals surface area contributed by atoms with Gasteiger partial charge in [-0.3, -0.25) is 4.79 Å². The first kappa shape index (κ1) is 17.0. The van der Waals surface area contributed by atoms with Gasteiger partial charge < -0.3 is 10.1 Å². The quantitative estimate of drug-likeness (QED) is 0.668. The summed E-state index contributed by atoms with van der Waals surface area (Å²) in [5.74, 6) is -0.245. The molecule has 0 saturated heterocycles. The van der Waals surface area contributed by atoms with Crippen molar-refractivity contribution in [2.24, 2.45) is 5.92 Å². The second-order valence-electron chi connectivity index (χ2n) is 6.31. The third kappa shape index (κ3) is 4.57. The van der Waals surface area contributed by atoms with Crippen LogP contribution >= 0.6 is 11.3 Å². The molecule has 0 aromatic carbocycles. The maximum atomic E-state index is 12.2. The van der Waals surface area contributed by atoms with Crippen LogP contribution < -0.4 is 5.32 Å². The van der Waals surface area contributed by atoms with Gasteiger partial charge >= 0.3 is 5.97 Å². The molecule has 0 unspecified atom stereocenters. The second-order valence-corrected chi connectivity index (χ2v) is 7.44. The van der Waals surface area contributed by atoms with E-state index < -0.39 is 6.10 Å². The van der Waals surface area contributed by atoms with Gasteiger partial charge in [0.15, 0.2) is 6.10 Å². The fraction of sp³-hybridized carbons (Fsp3) is 0.647. The molecule has 1 N–H and O–H groups in total. The van der Waals surface area contributed by atoms with E-state index in [1.54, 1.807) is 6.92 Å². The minimum Gasteiger partial charge on any atom is -0.448 e. The second kappa shape index (κ2) is 7.77. The van der Waals surface area contributed by atoms with Crippen LogP contribution in [-0.4, -0.2) is 24.5 Å². The lowest BCUT2D eigenvalue weighted by atomic mass is 10.1. The van der Waals surface area contributed by atoms with E-state index in [4.69, 9.17) is 4.74 Å². The molecule has 22 heavy (non-hydrogen) atoms. The Hall–Kier alpha value is -1.36. The molecule has 0 fully saturated rings. The van der Waals surface area contributed by atoms with Crippen molar-refractivity contribution in [3.63, 3.8) is 0 Å². The van der Waals surface area contributed by atoms with Crippen molar-refractivity contribution in [1.29, 1.82) is 0 Å². The van der Waals surface area contributed by atoms with E-state index in [0.717, 1.165) is 12.8 Å². The molecular weight excluding hydrogens is 298 g/mol. The molecular formula is C17H25NO3S. The maximum absolute atomic E-state index is 12.2. The summed E-state index contributed by atoms with van der Waals surface area (Å²) in [6.07, 6.45) is 4.98. The summed E-state index contributed by atoms with van der Waals surface area (Å²) in [6.45, 7) is 6.26. The highest BCUT2D eigenvalue weighted by Crippen LogP contribution is 2.29. The van der Waals surface area contributed by atoms with E-state index in [1.807, 2.05) is 19.9 Å². The Balaban J connectivity index is 1.93. The van der Waals surface area contributed by atoms with E-state index in [0.29, 0.717) is 17.3 Å². The van der Waals surface area contributed by atoms with Crippen molar-refractivity contribution in [2.45, 2.75) is 59.0 Å². The van der Waals surface area contributed by atoms with Crippen molar-refractivity contribution >= 4 is 23.2 Å². The van der Waals surface area contributed by atoms with E-state index in [1.165, 1.54) is 41.0 Å². The van der Waals surface area contributed by atoms with Gasteiger partial charge in [-0.2, -0.15) is 0 Å². The van der Waals surface area contributed by atoms with Gasteiger partial charge in [0.1, 0.15) is 4.88 Å². The van der Waals surface area contributed by atoms with E-state index >= 15 is 0 Å². The van der Waals surface area contributed by atoms with Crippen LogP contribution in [0.25, 0.3) is 0 Å². The molecule has 0 aliphatic heterocycles. The number of hydrogen-bond donors (Lipinski definition) is 1.